The van der Waals surface area contributed by atoms with Crippen LogP contribution in [0.1, 0.15) is 11.7 Å². The first-order valence-corrected chi connectivity index (χ1v) is 9.22. The van der Waals surface area contributed by atoms with Gasteiger partial charge in [0.2, 0.25) is 0 Å². The van der Waals surface area contributed by atoms with Crippen LogP contribution in [0.15, 0.2) is 51.7 Å². The van der Waals surface area contributed by atoms with Crippen molar-refractivity contribution in [3.63, 3.8) is 0 Å². The molecule has 158 valence electrons. The Bertz CT molecular complexity index is 1120. The fourth-order valence-electron chi connectivity index (χ4n) is 3.67. The number of aromatic hydroxyl groups is 2. The molecule has 2 heterocycles. The minimum absolute atomic E-state index is 0.0929. The third-order valence-corrected chi connectivity index (χ3v) is 5.25. The topological polar surface area (TPSA) is 161 Å². The number of hydrogen-bond donors (Lipinski definition) is 6. The lowest BCUT2D eigenvalue weighted by atomic mass is 9.89. The van der Waals surface area contributed by atoms with Crippen molar-refractivity contribution in [2.24, 2.45) is 0 Å². The van der Waals surface area contributed by atoms with Crippen LogP contribution in [0.4, 0.5) is 0 Å². The van der Waals surface area contributed by atoms with Crippen LogP contribution in [0.2, 0.25) is 0 Å². The molecular formula is C21H20O9. The summed E-state index contributed by atoms with van der Waals surface area (Å²) in [4.78, 5) is 12.7. The molecule has 30 heavy (non-hydrogen) atoms. The normalized spacial score (nSPS) is 26.7. The summed E-state index contributed by atoms with van der Waals surface area (Å²) < 4.78 is 11.1. The van der Waals surface area contributed by atoms with Crippen LogP contribution in [0, 0.1) is 0 Å². The quantitative estimate of drug-likeness (QED) is 0.355. The van der Waals surface area contributed by atoms with Crippen LogP contribution < -0.4 is 5.43 Å². The van der Waals surface area contributed by atoms with Crippen LogP contribution in [-0.2, 0) is 4.74 Å². The van der Waals surface area contributed by atoms with E-state index >= 15 is 0 Å². The SMILES string of the molecule is O=c1cc(-c2ccccc2)oc2cc(O)c([C@@H]3OC(CO)[C@@H](O)[C@H](O)C3O)c(O)c12. The van der Waals surface area contributed by atoms with Gasteiger partial charge in [-0.1, -0.05) is 30.3 Å². The lowest BCUT2D eigenvalue weighted by Crippen LogP contribution is -2.55. The summed E-state index contributed by atoms with van der Waals surface area (Å²) in [6, 6.07) is 11.1. The molecule has 0 spiro atoms. The second kappa shape index (κ2) is 7.71. The molecule has 1 aliphatic heterocycles. The van der Waals surface area contributed by atoms with Crippen molar-refractivity contribution < 1.29 is 39.8 Å². The highest BCUT2D eigenvalue weighted by Crippen LogP contribution is 2.44. The summed E-state index contributed by atoms with van der Waals surface area (Å²) in [5.74, 6) is -1.02. The zero-order valence-electron chi connectivity index (χ0n) is 15.5. The number of benzene rings is 2. The van der Waals surface area contributed by atoms with E-state index in [1.807, 2.05) is 0 Å². The Morgan fingerprint density at radius 1 is 0.933 bits per heavy atom. The van der Waals surface area contributed by atoms with Gasteiger partial charge in [0.25, 0.3) is 0 Å². The van der Waals surface area contributed by atoms with E-state index in [4.69, 9.17) is 9.15 Å². The van der Waals surface area contributed by atoms with E-state index in [2.05, 4.69) is 0 Å². The van der Waals surface area contributed by atoms with Crippen molar-refractivity contribution in [2.75, 3.05) is 6.61 Å². The van der Waals surface area contributed by atoms with Gasteiger partial charge in [-0.2, -0.15) is 0 Å². The van der Waals surface area contributed by atoms with E-state index in [1.165, 1.54) is 6.07 Å². The van der Waals surface area contributed by atoms with E-state index in [1.54, 1.807) is 30.3 Å². The molecular weight excluding hydrogens is 396 g/mol. The smallest absolute Gasteiger partial charge is 0.197 e. The zero-order valence-corrected chi connectivity index (χ0v) is 15.5. The lowest BCUT2D eigenvalue weighted by molar-refractivity contribution is -0.232. The summed E-state index contributed by atoms with van der Waals surface area (Å²) >= 11 is 0. The molecule has 1 aliphatic rings. The van der Waals surface area contributed by atoms with Crippen molar-refractivity contribution in [1.82, 2.24) is 0 Å². The van der Waals surface area contributed by atoms with Crippen molar-refractivity contribution in [1.29, 1.82) is 0 Å². The summed E-state index contributed by atoms with van der Waals surface area (Å²) in [7, 11) is 0. The summed E-state index contributed by atoms with van der Waals surface area (Å²) in [6.07, 6.45) is -7.83. The number of hydrogen-bond acceptors (Lipinski definition) is 9. The van der Waals surface area contributed by atoms with Gasteiger partial charge in [0.05, 0.1) is 12.2 Å². The van der Waals surface area contributed by atoms with Gasteiger partial charge in [0.1, 0.15) is 58.7 Å². The van der Waals surface area contributed by atoms with Gasteiger partial charge in [-0.3, -0.25) is 4.79 Å². The highest BCUT2D eigenvalue weighted by Gasteiger charge is 2.46. The Balaban J connectivity index is 1.87. The lowest BCUT2D eigenvalue weighted by Gasteiger charge is -2.40. The monoisotopic (exact) mass is 416 g/mol. The molecule has 0 bridgehead atoms. The van der Waals surface area contributed by atoms with Gasteiger partial charge in [-0.15, -0.1) is 0 Å². The second-order valence-corrected chi connectivity index (χ2v) is 7.12. The number of aliphatic hydroxyl groups excluding tert-OH is 4. The second-order valence-electron chi connectivity index (χ2n) is 7.12. The largest absolute Gasteiger partial charge is 0.507 e. The fraction of sp³-hybridized carbons (Fsp3) is 0.286. The van der Waals surface area contributed by atoms with Gasteiger partial charge < -0.3 is 39.8 Å². The molecule has 2 aromatic carbocycles. The summed E-state index contributed by atoms with van der Waals surface area (Å²) in [6.45, 7) is -0.681. The number of aliphatic hydroxyl groups is 4. The molecule has 6 N–H and O–H groups in total. The van der Waals surface area contributed by atoms with Crippen LogP contribution in [0.5, 0.6) is 11.5 Å². The molecule has 5 atom stereocenters. The first-order chi connectivity index (χ1) is 14.3. The third-order valence-electron chi connectivity index (χ3n) is 5.25. The van der Waals surface area contributed by atoms with E-state index in [9.17, 15) is 35.4 Å². The van der Waals surface area contributed by atoms with Crippen molar-refractivity contribution in [3.05, 3.63) is 58.3 Å². The number of fused-ring (bicyclic) bond motifs is 1. The number of rotatable bonds is 3. The molecule has 0 aliphatic carbocycles. The van der Waals surface area contributed by atoms with Crippen molar-refractivity contribution in [2.45, 2.75) is 30.5 Å². The van der Waals surface area contributed by atoms with Gasteiger partial charge in [-0.05, 0) is 0 Å². The van der Waals surface area contributed by atoms with E-state index < -0.39 is 54.1 Å². The number of ether oxygens (including phenoxy) is 1. The molecule has 9 nitrogen and oxygen atoms in total. The predicted octanol–water partition coefficient (Wildman–Crippen LogP) is 0.386. The molecule has 2 unspecified atom stereocenters. The first-order valence-electron chi connectivity index (χ1n) is 9.22. The molecule has 0 saturated carbocycles. The van der Waals surface area contributed by atoms with Crippen LogP contribution in [0.3, 0.4) is 0 Å². The molecule has 0 radical (unpaired) electrons. The van der Waals surface area contributed by atoms with Gasteiger partial charge in [0, 0.05) is 17.7 Å². The van der Waals surface area contributed by atoms with Crippen LogP contribution in [-0.4, -0.2) is 61.7 Å². The van der Waals surface area contributed by atoms with Gasteiger partial charge in [0.15, 0.2) is 5.43 Å². The third kappa shape index (κ3) is 3.22. The maximum Gasteiger partial charge on any atom is 0.197 e. The van der Waals surface area contributed by atoms with E-state index in [0.717, 1.165) is 6.07 Å². The maximum absolute atomic E-state index is 12.7. The van der Waals surface area contributed by atoms with E-state index in [-0.39, 0.29) is 22.3 Å². The molecule has 1 aromatic heterocycles. The fourth-order valence-corrected chi connectivity index (χ4v) is 3.67. The van der Waals surface area contributed by atoms with Crippen LogP contribution >= 0.6 is 0 Å². The van der Waals surface area contributed by atoms with Crippen molar-refractivity contribution >= 4 is 11.0 Å². The van der Waals surface area contributed by atoms with Gasteiger partial charge in [-0.25, -0.2) is 0 Å². The first kappa shape index (κ1) is 20.3. The average molecular weight is 416 g/mol. The Morgan fingerprint density at radius 2 is 1.63 bits per heavy atom. The van der Waals surface area contributed by atoms with Crippen LogP contribution in [0.25, 0.3) is 22.3 Å². The van der Waals surface area contributed by atoms with Crippen molar-refractivity contribution in [3.8, 4) is 22.8 Å². The molecule has 1 saturated heterocycles. The minimum Gasteiger partial charge on any atom is -0.507 e. The minimum atomic E-state index is -1.74. The predicted molar refractivity (Wildman–Crippen MR) is 104 cm³/mol. The number of phenolic OH excluding ortho intramolecular Hbond substituents is 2. The summed E-state index contributed by atoms with van der Waals surface area (Å²) in [5.41, 5.74) is -0.434. The Hall–Kier alpha value is -2.95. The zero-order chi connectivity index (χ0) is 21.6. The number of phenols is 2. The Labute approximate surface area is 169 Å². The molecule has 0 amide bonds. The molecule has 1 fully saturated rings. The van der Waals surface area contributed by atoms with Gasteiger partial charge >= 0.3 is 0 Å². The van der Waals surface area contributed by atoms with E-state index in [0.29, 0.717) is 5.56 Å². The highest BCUT2D eigenvalue weighted by atomic mass is 16.5. The highest BCUT2D eigenvalue weighted by molar-refractivity contribution is 5.88. The Kier molecular flexibility index (Phi) is 5.22. The molecule has 4 rings (SSSR count). The Morgan fingerprint density at radius 3 is 2.30 bits per heavy atom. The average Bonchev–Trinajstić information content (AvgIpc) is 2.73. The molecule has 3 aromatic rings. The molecule has 9 heteroatoms. The summed E-state index contributed by atoms with van der Waals surface area (Å²) in [5, 5.41) is 60.6. The standard InChI is InChI=1S/C21H20O9/c22-8-14-17(25)19(27)20(28)21(30-14)16-11(24)7-13-15(18(16)26)10(23)6-12(29-13)9-4-2-1-3-5-9/h1-7,14,17,19-22,24-28H,8H2/t14?,17-,19+,20?,21+/m1/s1. The maximum atomic E-state index is 12.7.